The number of nitrogens with zero attached hydrogens (tertiary/aromatic N) is 1. The second-order valence-corrected chi connectivity index (χ2v) is 8.98. The zero-order chi connectivity index (χ0) is 19.6. The SMILES string of the molecule is CC[C@@H]1C[C@H](C(=O)N[C@@H]([C@@H]2O[C@H](SC)[C@@H](O)[C@@H](O)[C@H]2O)[C@H](C)Cl)N(C)C1. The summed E-state index contributed by atoms with van der Waals surface area (Å²) in [4.78, 5) is 14.8. The highest BCUT2D eigenvalue weighted by Gasteiger charge is 2.48. The van der Waals surface area contributed by atoms with Gasteiger partial charge in [-0.15, -0.1) is 23.4 Å². The minimum absolute atomic E-state index is 0.155. The molecule has 2 fully saturated rings. The molecule has 2 aliphatic heterocycles. The van der Waals surface area contributed by atoms with E-state index < -0.39 is 41.3 Å². The van der Waals surface area contributed by atoms with Gasteiger partial charge in [0, 0.05) is 6.54 Å². The lowest BCUT2D eigenvalue weighted by molar-refractivity contribution is -0.205. The molecule has 0 radical (unpaired) electrons. The van der Waals surface area contributed by atoms with Gasteiger partial charge in [0.15, 0.2) is 0 Å². The lowest BCUT2D eigenvalue weighted by Gasteiger charge is -2.44. The Morgan fingerprint density at radius 3 is 2.50 bits per heavy atom. The topological polar surface area (TPSA) is 102 Å². The number of carbonyl (C=O) groups is 1. The summed E-state index contributed by atoms with van der Waals surface area (Å²) in [5, 5.41) is 32.9. The first kappa shape index (κ1) is 22.2. The number of amides is 1. The Morgan fingerprint density at radius 1 is 1.35 bits per heavy atom. The molecule has 4 N–H and O–H groups in total. The lowest BCUT2D eigenvalue weighted by atomic mass is 9.92. The van der Waals surface area contributed by atoms with Gasteiger partial charge >= 0.3 is 0 Å². The number of likely N-dealkylation sites (N-methyl/N-ethyl adjacent to an activating group) is 1. The third-order valence-corrected chi connectivity index (χ3v) is 6.64. The number of hydrogen-bond donors (Lipinski definition) is 4. The molecule has 2 aliphatic rings. The summed E-state index contributed by atoms with van der Waals surface area (Å²) in [6, 6.07) is -0.935. The molecule has 26 heavy (non-hydrogen) atoms. The molecule has 0 unspecified atom stereocenters. The fourth-order valence-electron chi connectivity index (χ4n) is 3.79. The third-order valence-electron chi connectivity index (χ3n) is 5.51. The third kappa shape index (κ3) is 4.66. The molecule has 0 aromatic carbocycles. The van der Waals surface area contributed by atoms with Crippen LogP contribution in [0.3, 0.4) is 0 Å². The van der Waals surface area contributed by atoms with Crippen LogP contribution in [0.2, 0.25) is 0 Å². The molecule has 152 valence electrons. The highest BCUT2D eigenvalue weighted by atomic mass is 35.5. The van der Waals surface area contributed by atoms with Gasteiger partial charge in [0.1, 0.15) is 29.9 Å². The number of ether oxygens (including phenoxy) is 1. The predicted octanol–water partition coefficient (Wildman–Crippen LogP) is -0.000600. The number of carbonyl (C=O) groups excluding carboxylic acids is 1. The van der Waals surface area contributed by atoms with Crippen molar-refractivity contribution in [3.8, 4) is 0 Å². The molecule has 0 bridgehead atoms. The maximum Gasteiger partial charge on any atom is 0.237 e. The average molecular weight is 411 g/mol. The Morgan fingerprint density at radius 2 is 2.00 bits per heavy atom. The van der Waals surface area contributed by atoms with E-state index in [4.69, 9.17) is 16.3 Å². The first-order valence-corrected chi connectivity index (χ1v) is 10.8. The fourth-order valence-corrected chi connectivity index (χ4v) is 4.68. The molecule has 1 amide bonds. The smallest absolute Gasteiger partial charge is 0.237 e. The molecule has 0 saturated carbocycles. The molecule has 7 nitrogen and oxygen atoms in total. The first-order valence-electron chi connectivity index (χ1n) is 9.08. The van der Waals surface area contributed by atoms with Gasteiger partial charge in [-0.3, -0.25) is 9.69 Å². The number of aliphatic hydroxyl groups excluding tert-OH is 3. The van der Waals surface area contributed by atoms with Crippen molar-refractivity contribution in [2.24, 2.45) is 5.92 Å². The molecule has 9 heteroatoms. The Hall–Kier alpha value is -0.0900. The van der Waals surface area contributed by atoms with E-state index in [1.165, 1.54) is 11.8 Å². The Balaban J connectivity index is 2.11. The number of likely N-dealkylation sites (tertiary alicyclic amines) is 1. The van der Waals surface area contributed by atoms with Crippen molar-refractivity contribution in [1.82, 2.24) is 10.2 Å². The quantitative estimate of drug-likeness (QED) is 0.457. The number of thioether (sulfide) groups is 1. The van der Waals surface area contributed by atoms with Gasteiger partial charge < -0.3 is 25.4 Å². The predicted molar refractivity (Wildman–Crippen MR) is 102 cm³/mol. The molecular weight excluding hydrogens is 380 g/mol. The molecule has 2 saturated heterocycles. The molecular formula is C17H31ClN2O5S. The van der Waals surface area contributed by atoms with Crippen LogP contribution in [-0.2, 0) is 9.53 Å². The maximum absolute atomic E-state index is 12.8. The number of nitrogens with one attached hydrogen (secondary N) is 1. The van der Waals surface area contributed by atoms with Gasteiger partial charge in [0.05, 0.1) is 17.5 Å². The van der Waals surface area contributed by atoms with E-state index in [2.05, 4.69) is 12.2 Å². The monoisotopic (exact) mass is 410 g/mol. The van der Waals surface area contributed by atoms with Crippen LogP contribution in [0.25, 0.3) is 0 Å². The first-order chi connectivity index (χ1) is 12.2. The van der Waals surface area contributed by atoms with Gasteiger partial charge in [-0.05, 0) is 32.6 Å². The van der Waals surface area contributed by atoms with E-state index in [-0.39, 0.29) is 11.9 Å². The summed E-state index contributed by atoms with van der Waals surface area (Å²) < 4.78 is 5.78. The molecule has 0 aliphatic carbocycles. The van der Waals surface area contributed by atoms with Crippen LogP contribution >= 0.6 is 23.4 Å². The summed E-state index contributed by atoms with van der Waals surface area (Å²) in [6.07, 6.45) is -1.27. The average Bonchev–Trinajstić information content (AvgIpc) is 2.99. The largest absolute Gasteiger partial charge is 0.388 e. The van der Waals surface area contributed by atoms with Crippen LogP contribution in [0.5, 0.6) is 0 Å². The van der Waals surface area contributed by atoms with Gasteiger partial charge in [-0.2, -0.15) is 0 Å². The van der Waals surface area contributed by atoms with Crippen LogP contribution < -0.4 is 5.32 Å². The van der Waals surface area contributed by atoms with E-state index in [1.54, 1.807) is 13.2 Å². The van der Waals surface area contributed by atoms with E-state index in [0.717, 1.165) is 19.4 Å². The van der Waals surface area contributed by atoms with Crippen LogP contribution in [0.15, 0.2) is 0 Å². The van der Waals surface area contributed by atoms with Crippen molar-refractivity contribution in [2.45, 2.75) is 74.0 Å². The van der Waals surface area contributed by atoms with Crippen molar-refractivity contribution in [3.63, 3.8) is 0 Å². The number of hydrogen-bond acceptors (Lipinski definition) is 7. The van der Waals surface area contributed by atoms with Gasteiger partial charge in [-0.1, -0.05) is 13.3 Å². The van der Waals surface area contributed by atoms with E-state index in [9.17, 15) is 20.1 Å². The number of aliphatic hydroxyl groups is 3. The van der Waals surface area contributed by atoms with Crippen LogP contribution in [0, 0.1) is 5.92 Å². The summed E-state index contributed by atoms with van der Waals surface area (Å²) in [6.45, 7) is 4.70. The van der Waals surface area contributed by atoms with Gasteiger partial charge in [0.2, 0.25) is 5.91 Å². The van der Waals surface area contributed by atoms with Gasteiger partial charge in [0.25, 0.3) is 0 Å². The van der Waals surface area contributed by atoms with Crippen molar-refractivity contribution in [2.75, 3.05) is 19.8 Å². The van der Waals surface area contributed by atoms with E-state index in [1.807, 2.05) is 11.9 Å². The highest BCUT2D eigenvalue weighted by molar-refractivity contribution is 7.99. The van der Waals surface area contributed by atoms with Gasteiger partial charge in [-0.25, -0.2) is 0 Å². The van der Waals surface area contributed by atoms with Crippen molar-refractivity contribution >= 4 is 29.3 Å². The van der Waals surface area contributed by atoms with Crippen LogP contribution in [-0.4, -0.2) is 93.3 Å². The Labute approximate surface area is 164 Å². The van der Waals surface area contributed by atoms with Crippen molar-refractivity contribution in [1.29, 1.82) is 0 Å². The zero-order valence-corrected chi connectivity index (χ0v) is 17.3. The Bertz CT molecular complexity index is 484. The second-order valence-electron chi connectivity index (χ2n) is 7.35. The minimum Gasteiger partial charge on any atom is -0.388 e. The number of rotatable bonds is 6. The lowest BCUT2D eigenvalue weighted by Crippen LogP contribution is -2.65. The Kier molecular flexibility index (Phi) is 8.03. The standard InChI is InChI=1S/C17H31ClN2O5S/c1-5-9-6-10(20(3)7-9)16(24)19-11(8(2)18)15-13(22)12(21)14(23)17(25-15)26-4/h8-15,17,21-23H,5-7H2,1-4H3,(H,19,24)/t8-,9+,10+,11+,12-,13+,14-,15-,17+/m0/s1. The minimum atomic E-state index is -1.36. The molecule has 0 spiro atoms. The summed E-state index contributed by atoms with van der Waals surface area (Å²) in [7, 11) is 1.93. The molecule has 0 aromatic rings. The zero-order valence-electron chi connectivity index (χ0n) is 15.7. The van der Waals surface area contributed by atoms with Crippen LogP contribution in [0.4, 0.5) is 0 Å². The fraction of sp³-hybridized carbons (Fsp3) is 0.941. The normalized spacial score (nSPS) is 41.0. The van der Waals surface area contributed by atoms with Crippen molar-refractivity contribution < 1.29 is 24.9 Å². The maximum atomic E-state index is 12.8. The van der Waals surface area contributed by atoms with E-state index in [0.29, 0.717) is 5.92 Å². The number of halogens is 1. The number of alkyl halides is 1. The summed E-state index contributed by atoms with van der Waals surface area (Å²) in [5.41, 5.74) is -0.702. The molecule has 2 heterocycles. The molecule has 9 atom stereocenters. The summed E-state index contributed by atoms with van der Waals surface area (Å²) >= 11 is 7.52. The van der Waals surface area contributed by atoms with Crippen molar-refractivity contribution in [3.05, 3.63) is 0 Å². The molecule has 0 aromatic heterocycles. The van der Waals surface area contributed by atoms with E-state index >= 15 is 0 Å². The molecule has 2 rings (SSSR count). The summed E-state index contributed by atoms with van der Waals surface area (Å²) in [5.74, 6) is 0.329. The van der Waals surface area contributed by atoms with Crippen LogP contribution in [0.1, 0.15) is 26.7 Å². The highest BCUT2D eigenvalue weighted by Crippen LogP contribution is 2.31. The second kappa shape index (κ2) is 9.41.